The summed E-state index contributed by atoms with van der Waals surface area (Å²) in [6.07, 6.45) is 1.66. The molecule has 0 aliphatic carbocycles. The Morgan fingerprint density at radius 3 is 2.73 bits per heavy atom. The van der Waals surface area contributed by atoms with E-state index in [-0.39, 0.29) is 5.75 Å². The lowest BCUT2D eigenvalue weighted by Gasteiger charge is -2.01. The van der Waals surface area contributed by atoms with E-state index in [9.17, 15) is 5.11 Å². The third-order valence-corrected chi connectivity index (χ3v) is 3.71. The largest absolute Gasteiger partial charge is 0.508 e. The van der Waals surface area contributed by atoms with Crippen molar-refractivity contribution in [1.82, 2.24) is 14.9 Å². The maximum absolute atomic E-state index is 9.29. The van der Waals surface area contributed by atoms with Crippen molar-refractivity contribution < 1.29 is 5.11 Å². The fraction of sp³-hybridized carbons (Fsp3) is 0. The van der Waals surface area contributed by atoms with Gasteiger partial charge in [-0.15, -0.1) is 0 Å². The SMILES string of the molecule is Oc1ccc(/C=N/n2c(-c3cccc(Br)c3)n[nH]c2=S)cc1. The smallest absolute Gasteiger partial charge is 0.216 e. The summed E-state index contributed by atoms with van der Waals surface area (Å²) in [4.78, 5) is 0. The van der Waals surface area contributed by atoms with Crippen molar-refractivity contribution in [1.29, 1.82) is 0 Å². The molecule has 0 aliphatic heterocycles. The minimum Gasteiger partial charge on any atom is -0.508 e. The fourth-order valence-corrected chi connectivity index (χ4v) is 2.48. The van der Waals surface area contributed by atoms with Gasteiger partial charge in [0.05, 0.1) is 6.21 Å². The average Bonchev–Trinajstić information content (AvgIpc) is 2.88. The lowest BCUT2D eigenvalue weighted by Crippen LogP contribution is -1.95. The molecule has 0 saturated heterocycles. The van der Waals surface area contributed by atoms with Gasteiger partial charge in [0.1, 0.15) is 5.75 Å². The first-order valence-corrected chi connectivity index (χ1v) is 7.60. The van der Waals surface area contributed by atoms with Crippen LogP contribution in [-0.4, -0.2) is 26.2 Å². The van der Waals surface area contributed by atoms with Crippen LogP contribution in [0, 0.1) is 4.77 Å². The number of nitrogens with zero attached hydrogens (tertiary/aromatic N) is 3. The second kappa shape index (κ2) is 6.25. The molecule has 22 heavy (non-hydrogen) atoms. The first-order valence-electron chi connectivity index (χ1n) is 6.40. The van der Waals surface area contributed by atoms with Gasteiger partial charge in [-0.25, -0.2) is 5.10 Å². The summed E-state index contributed by atoms with van der Waals surface area (Å²) in [6.45, 7) is 0. The molecule has 0 radical (unpaired) electrons. The summed E-state index contributed by atoms with van der Waals surface area (Å²) in [6, 6.07) is 14.5. The molecule has 5 nitrogen and oxygen atoms in total. The van der Waals surface area contributed by atoms with Gasteiger partial charge in [-0.3, -0.25) is 0 Å². The molecule has 1 aromatic heterocycles. The molecule has 0 fully saturated rings. The molecule has 110 valence electrons. The van der Waals surface area contributed by atoms with Crippen LogP contribution in [0.1, 0.15) is 5.56 Å². The molecule has 0 unspecified atom stereocenters. The molecular formula is C15H11BrN4OS. The number of phenols is 1. The minimum atomic E-state index is 0.215. The van der Waals surface area contributed by atoms with Crippen molar-refractivity contribution in [2.45, 2.75) is 0 Å². The average molecular weight is 375 g/mol. The molecule has 7 heteroatoms. The van der Waals surface area contributed by atoms with Gasteiger partial charge >= 0.3 is 0 Å². The van der Waals surface area contributed by atoms with Crippen LogP contribution >= 0.6 is 28.1 Å². The fourth-order valence-electron chi connectivity index (χ4n) is 1.90. The summed E-state index contributed by atoms with van der Waals surface area (Å²) < 4.78 is 2.92. The van der Waals surface area contributed by atoms with Crippen molar-refractivity contribution in [3.63, 3.8) is 0 Å². The standard InChI is InChI=1S/C15H11BrN4OS/c16-12-3-1-2-11(8-12)14-18-19-15(22)20(14)17-9-10-4-6-13(21)7-5-10/h1-9,21H,(H,19,22)/b17-9+. The van der Waals surface area contributed by atoms with E-state index in [1.165, 1.54) is 0 Å². The van der Waals surface area contributed by atoms with Crippen LogP contribution in [0.15, 0.2) is 58.1 Å². The van der Waals surface area contributed by atoms with Gasteiger partial charge in [0.2, 0.25) is 4.77 Å². The number of phenolic OH excluding ortho intramolecular Hbond substituents is 1. The number of H-pyrrole nitrogens is 1. The van der Waals surface area contributed by atoms with E-state index in [0.29, 0.717) is 10.6 Å². The zero-order valence-electron chi connectivity index (χ0n) is 11.3. The summed E-state index contributed by atoms with van der Waals surface area (Å²) in [7, 11) is 0. The number of nitrogens with one attached hydrogen (secondary N) is 1. The summed E-state index contributed by atoms with van der Waals surface area (Å²) in [5.74, 6) is 0.841. The predicted octanol–water partition coefficient (Wildman–Crippen LogP) is 3.96. The van der Waals surface area contributed by atoms with E-state index < -0.39 is 0 Å². The molecule has 0 bridgehead atoms. The Labute approximate surface area is 140 Å². The first-order chi connectivity index (χ1) is 10.6. The van der Waals surface area contributed by atoms with Gasteiger partial charge in [-0.2, -0.15) is 14.9 Å². The van der Waals surface area contributed by atoms with Crippen LogP contribution in [0.2, 0.25) is 0 Å². The molecule has 0 aliphatic rings. The normalized spacial score (nSPS) is 11.1. The molecule has 3 aromatic rings. The highest BCUT2D eigenvalue weighted by Crippen LogP contribution is 2.21. The van der Waals surface area contributed by atoms with Gasteiger partial charge in [-0.1, -0.05) is 28.1 Å². The monoisotopic (exact) mass is 374 g/mol. The quantitative estimate of drug-likeness (QED) is 0.538. The van der Waals surface area contributed by atoms with Crippen molar-refractivity contribution in [2.24, 2.45) is 5.10 Å². The number of halogens is 1. The van der Waals surface area contributed by atoms with Crippen LogP contribution in [-0.2, 0) is 0 Å². The van der Waals surface area contributed by atoms with E-state index in [4.69, 9.17) is 12.2 Å². The molecule has 1 heterocycles. The highest BCUT2D eigenvalue weighted by Gasteiger charge is 2.08. The molecular weight excluding hydrogens is 364 g/mol. The third-order valence-electron chi connectivity index (χ3n) is 2.95. The lowest BCUT2D eigenvalue weighted by molar-refractivity contribution is 0.475. The number of aromatic amines is 1. The van der Waals surface area contributed by atoms with Crippen LogP contribution in [0.3, 0.4) is 0 Å². The van der Waals surface area contributed by atoms with Crippen LogP contribution < -0.4 is 0 Å². The summed E-state index contributed by atoms with van der Waals surface area (Å²) in [5, 5.41) is 20.6. The Kier molecular flexibility index (Phi) is 4.17. The van der Waals surface area contributed by atoms with Crippen molar-refractivity contribution in [3.8, 4) is 17.1 Å². The first kappa shape index (κ1) is 14.7. The van der Waals surface area contributed by atoms with Gasteiger partial charge < -0.3 is 5.11 Å². The second-order valence-electron chi connectivity index (χ2n) is 4.51. The van der Waals surface area contributed by atoms with Crippen molar-refractivity contribution in [3.05, 3.63) is 63.3 Å². The van der Waals surface area contributed by atoms with E-state index >= 15 is 0 Å². The number of rotatable bonds is 3. The molecule has 2 aromatic carbocycles. The van der Waals surface area contributed by atoms with Crippen molar-refractivity contribution >= 4 is 34.4 Å². The van der Waals surface area contributed by atoms with E-state index in [0.717, 1.165) is 15.6 Å². The van der Waals surface area contributed by atoms with Crippen LogP contribution in [0.25, 0.3) is 11.4 Å². The van der Waals surface area contributed by atoms with Gasteiger partial charge in [0.15, 0.2) is 5.82 Å². The molecule has 0 atom stereocenters. The molecule has 0 amide bonds. The second-order valence-corrected chi connectivity index (χ2v) is 5.81. The number of hydrogen-bond donors (Lipinski definition) is 2. The van der Waals surface area contributed by atoms with Crippen molar-refractivity contribution in [2.75, 3.05) is 0 Å². The Morgan fingerprint density at radius 1 is 1.23 bits per heavy atom. The van der Waals surface area contributed by atoms with Gasteiger partial charge in [0, 0.05) is 10.0 Å². The van der Waals surface area contributed by atoms with Gasteiger partial charge in [0.25, 0.3) is 0 Å². The Balaban J connectivity index is 1.99. The maximum Gasteiger partial charge on any atom is 0.216 e. The molecule has 0 spiro atoms. The number of benzene rings is 2. The Bertz CT molecular complexity index is 883. The Hall–Kier alpha value is -2.25. The summed E-state index contributed by atoms with van der Waals surface area (Å²) >= 11 is 8.66. The zero-order valence-corrected chi connectivity index (χ0v) is 13.7. The minimum absolute atomic E-state index is 0.215. The number of aromatic nitrogens is 3. The number of aromatic hydroxyl groups is 1. The Morgan fingerprint density at radius 2 is 2.00 bits per heavy atom. The molecule has 0 saturated carbocycles. The number of hydrogen-bond acceptors (Lipinski definition) is 4. The van der Waals surface area contributed by atoms with Crippen LogP contribution in [0.4, 0.5) is 0 Å². The maximum atomic E-state index is 9.29. The highest BCUT2D eigenvalue weighted by atomic mass is 79.9. The third kappa shape index (κ3) is 3.15. The van der Waals surface area contributed by atoms with E-state index in [1.54, 1.807) is 35.2 Å². The topological polar surface area (TPSA) is 66.2 Å². The lowest BCUT2D eigenvalue weighted by atomic mass is 10.2. The molecule has 2 N–H and O–H groups in total. The van der Waals surface area contributed by atoms with E-state index in [1.807, 2.05) is 24.3 Å². The van der Waals surface area contributed by atoms with Crippen LogP contribution in [0.5, 0.6) is 5.75 Å². The summed E-state index contributed by atoms with van der Waals surface area (Å²) in [5.41, 5.74) is 1.74. The highest BCUT2D eigenvalue weighted by molar-refractivity contribution is 9.10. The van der Waals surface area contributed by atoms with E-state index in [2.05, 4.69) is 31.2 Å². The zero-order chi connectivity index (χ0) is 15.5. The molecule has 3 rings (SSSR count). The predicted molar refractivity (Wildman–Crippen MR) is 91.6 cm³/mol. The van der Waals surface area contributed by atoms with Gasteiger partial charge in [-0.05, 0) is 54.2 Å².